The summed E-state index contributed by atoms with van der Waals surface area (Å²) in [4.78, 5) is 11.5. The smallest absolute Gasteiger partial charge is 0.407 e. The number of carbonyl (C=O) groups excluding carboxylic acids is 1. The van der Waals surface area contributed by atoms with E-state index in [1.807, 2.05) is 39.0 Å². The highest BCUT2D eigenvalue weighted by atomic mass is 79.9. The van der Waals surface area contributed by atoms with Crippen molar-refractivity contribution in [2.75, 3.05) is 7.11 Å². The van der Waals surface area contributed by atoms with Crippen LogP contribution in [-0.2, 0) is 11.3 Å². The van der Waals surface area contributed by atoms with Crippen molar-refractivity contribution in [1.29, 1.82) is 0 Å². The summed E-state index contributed by atoms with van der Waals surface area (Å²) in [6.07, 6.45) is -0.440. The molecule has 0 saturated heterocycles. The first-order valence-electron chi connectivity index (χ1n) is 5.60. The number of amides is 1. The highest BCUT2D eigenvalue weighted by Crippen LogP contribution is 2.29. The van der Waals surface area contributed by atoms with Crippen molar-refractivity contribution in [2.45, 2.75) is 32.9 Å². The molecule has 0 heterocycles. The fourth-order valence-electron chi connectivity index (χ4n) is 1.38. The highest BCUT2D eigenvalue weighted by Gasteiger charge is 2.15. The van der Waals surface area contributed by atoms with Crippen LogP contribution in [0.1, 0.15) is 26.3 Å². The van der Waals surface area contributed by atoms with Crippen LogP contribution in [0, 0.1) is 0 Å². The van der Waals surface area contributed by atoms with Gasteiger partial charge >= 0.3 is 6.09 Å². The average molecular weight is 316 g/mol. The second-order valence-corrected chi connectivity index (χ2v) is 5.74. The average Bonchev–Trinajstić information content (AvgIpc) is 2.24. The number of rotatable bonds is 3. The SMILES string of the molecule is COc1c(Br)cccc1COC(=O)NC(C)(C)C. The van der Waals surface area contributed by atoms with Crippen molar-refractivity contribution in [3.8, 4) is 5.75 Å². The molecule has 1 amide bonds. The van der Waals surface area contributed by atoms with Crippen LogP contribution in [-0.4, -0.2) is 18.7 Å². The second-order valence-electron chi connectivity index (χ2n) is 4.88. The lowest BCUT2D eigenvalue weighted by molar-refractivity contribution is 0.130. The Morgan fingerprint density at radius 3 is 2.61 bits per heavy atom. The van der Waals surface area contributed by atoms with Gasteiger partial charge in [-0.25, -0.2) is 4.79 Å². The molecule has 0 aliphatic carbocycles. The summed E-state index contributed by atoms with van der Waals surface area (Å²) >= 11 is 3.38. The van der Waals surface area contributed by atoms with Crippen LogP contribution in [0.2, 0.25) is 0 Å². The summed E-state index contributed by atoms with van der Waals surface area (Å²) in [5.41, 5.74) is 0.509. The molecule has 1 aromatic rings. The summed E-state index contributed by atoms with van der Waals surface area (Å²) in [5.74, 6) is 0.682. The molecule has 1 aromatic carbocycles. The number of ether oxygens (including phenoxy) is 2. The first kappa shape index (κ1) is 14.8. The van der Waals surface area contributed by atoms with Crippen molar-refractivity contribution < 1.29 is 14.3 Å². The third-order valence-corrected chi connectivity index (χ3v) is 2.71. The summed E-state index contributed by atoms with van der Waals surface area (Å²) in [6.45, 7) is 5.86. The number of alkyl carbamates (subject to hydrolysis) is 1. The molecule has 4 nitrogen and oxygen atoms in total. The molecule has 5 heteroatoms. The number of methoxy groups -OCH3 is 1. The zero-order chi connectivity index (χ0) is 13.8. The van der Waals surface area contributed by atoms with Gasteiger partial charge in [0.1, 0.15) is 12.4 Å². The number of carbonyl (C=O) groups is 1. The third kappa shape index (κ3) is 4.56. The number of hydrogen-bond donors (Lipinski definition) is 1. The summed E-state index contributed by atoms with van der Waals surface area (Å²) in [6, 6.07) is 5.60. The van der Waals surface area contributed by atoms with Gasteiger partial charge in [-0.1, -0.05) is 12.1 Å². The van der Waals surface area contributed by atoms with Crippen LogP contribution in [0.5, 0.6) is 5.75 Å². The third-order valence-electron chi connectivity index (χ3n) is 2.09. The highest BCUT2D eigenvalue weighted by molar-refractivity contribution is 9.10. The topological polar surface area (TPSA) is 47.6 Å². The van der Waals surface area contributed by atoms with E-state index < -0.39 is 6.09 Å². The quantitative estimate of drug-likeness (QED) is 0.929. The molecule has 100 valence electrons. The van der Waals surface area contributed by atoms with E-state index in [0.29, 0.717) is 5.75 Å². The molecule has 0 fully saturated rings. The molecule has 1 N–H and O–H groups in total. The van der Waals surface area contributed by atoms with Crippen LogP contribution < -0.4 is 10.1 Å². The van der Waals surface area contributed by atoms with Crippen LogP contribution in [0.15, 0.2) is 22.7 Å². The van der Waals surface area contributed by atoms with Gasteiger partial charge in [-0.2, -0.15) is 0 Å². The molecule has 18 heavy (non-hydrogen) atoms. The van der Waals surface area contributed by atoms with Crippen molar-refractivity contribution in [2.24, 2.45) is 0 Å². The Morgan fingerprint density at radius 1 is 1.39 bits per heavy atom. The van der Waals surface area contributed by atoms with Gasteiger partial charge in [0, 0.05) is 11.1 Å². The number of halogens is 1. The predicted octanol–water partition coefficient (Wildman–Crippen LogP) is 3.48. The predicted molar refractivity (Wildman–Crippen MR) is 73.8 cm³/mol. The Morgan fingerprint density at radius 2 is 2.06 bits per heavy atom. The van der Waals surface area contributed by atoms with E-state index in [1.165, 1.54) is 0 Å². The lowest BCUT2D eigenvalue weighted by atomic mass is 10.1. The van der Waals surface area contributed by atoms with E-state index in [1.54, 1.807) is 7.11 Å². The lowest BCUT2D eigenvalue weighted by Gasteiger charge is -2.20. The van der Waals surface area contributed by atoms with Gasteiger partial charge in [-0.05, 0) is 42.8 Å². The molecule has 0 aliphatic heterocycles. The zero-order valence-electron chi connectivity index (χ0n) is 11.0. The van der Waals surface area contributed by atoms with E-state index in [9.17, 15) is 4.79 Å². The largest absolute Gasteiger partial charge is 0.495 e. The number of para-hydroxylation sites is 1. The number of nitrogens with one attached hydrogen (secondary N) is 1. The molecule has 0 bridgehead atoms. The summed E-state index contributed by atoms with van der Waals surface area (Å²) in [7, 11) is 1.58. The Bertz CT molecular complexity index is 427. The maximum Gasteiger partial charge on any atom is 0.407 e. The van der Waals surface area contributed by atoms with Gasteiger partial charge in [0.15, 0.2) is 0 Å². The maximum absolute atomic E-state index is 11.5. The van der Waals surface area contributed by atoms with Crippen LogP contribution in [0.25, 0.3) is 0 Å². The molecule has 1 rings (SSSR count). The normalized spacial score (nSPS) is 10.9. The maximum atomic E-state index is 11.5. The molecular formula is C13H18BrNO3. The van der Waals surface area contributed by atoms with Gasteiger partial charge in [0.05, 0.1) is 11.6 Å². The van der Waals surface area contributed by atoms with E-state index in [-0.39, 0.29) is 12.1 Å². The van der Waals surface area contributed by atoms with E-state index >= 15 is 0 Å². The number of benzene rings is 1. The Balaban J connectivity index is 2.64. The second kappa shape index (κ2) is 6.09. The Labute approximate surface area is 116 Å². The van der Waals surface area contributed by atoms with Crippen molar-refractivity contribution in [3.05, 3.63) is 28.2 Å². The number of hydrogen-bond acceptors (Lipinski definition) is 3. The van der Waals surface area contributed by atoms with Crippen molar-refractivity contribution in [1.82, 2.24) is 5.32 Å². The molecule has 0 spiro atoms. The lowest BCUT2D eigenvalue weighted by Crippen LogP contribution is -2.40. The Kier molecular flexibility index (Phi) is 5.02. The van der Waals surface area contributed by atoms with Crippen LogP contribution in [0.3, 0.4) is 0 Å². The first-order valence-corrected chi connectivity index (χ1v) is 6.39. The molecule has 0 saturated carbocycles. The van der Waals surface area contributed by atoms with Crippen molar-refractivity contribution >= 4 is 22.0 Å². The van der Waals surface area contributed by atoms with E-state index in [4.69, 9.17) is 9.47 Å². The Hall–Kier alpha value is -1.23. The van der Waals surface area contributed by atoms with Gasteiger partial charge in [0.25, 0.3) is 0 Å². The molecule has 0 aliphatic rings. The van der Waals surface area contributed by atoms with Gasteiger partial charge < -0.3 is 14.8 Å². The van der Waals surface area contributed by atoms with Crippen LogP contribution >= 0.6 is 15.9 Å². The summed E-state index contributed by atoms with van der Waals surface area (Å²) < 4.78 is 11.2. The molecule has 0 radical (unpaired) electrons. The first-order chi connectivity index (χ1) is 8.33. The minimum atomic E-state index is -0.440. The summed E-state index contributed by atoms with van der Waals surface area (Å²) in [5, 5.41) is 2.73. The van der Waals surface area contributed by atoms with Gasteiger partial charge in [-0.15, -0.1) is 0 Å². The minimum Gasteiger partial charge on any atom is -0.495 e. The zero-order valence-corrected chi connectivity index (χ0v) is 12.6. The van der Waals surface area contributed by atoms with Crippen LogP contribution in [0.4, 0.5) is 4.79 Å². The fraction of sp³-hybridized carbons (Fsp3) is 0.462. The minimum absolute atomic E-state index is 0.171. The van der Waals surface area contributed by atoms with E-state index in [0.717, 1.165) is 10.0 Å². The van der Waals surface area contributed by atoms with Crippen molar-refractivity contribution in [3.63, 3.8) is 0 Å². The fourth-order valence-corrected chi connectivity index (χ4v) is 1.95. The standard InChI is InChI=1S/C13H18BrNO3/c1-13(2,3)15-12(16)18-8-9-6-5-7-10(14)11(9)17-4/h5-7H,8H2,1-4H3,(H,15,16). The monoisotopic (exact) mass is 315 g/mol. The molecule has 0 aromatic heterocycles. The molecule has 0 atom stereocenters. The molecular weight excluding hydrogens is 298 g/mol. The van der Waals surface area contributed by atoms with Gasteiger partial charge in [-0.3, -0.25) is 0 Å². The van der Waals surface area contributed by atoms with E-state index in [2.05, 4.69) is 21.2 Å². The van der Waals surface area contributed by atoms with Gasteiger partial charge in [0.2, 0.25) is 0 Å². The molecule has 0 unspecified atom stereocenters.